The van der Waals surface area contributed by atoms with E-state index in [1.807, 2.05) is 65.0 Å². The molecule has 2 amide bonds. The molecule has 2 aromatic carbocycles. The van der Waals surface area contributed by atoms with Gasteiger partial charge in [-0.3, -0.25) is 23.2 Å². The Morgan fingerprint density at radius 3 is 1.52 bits per heavy atom. The third-order valence-corrected chi connectivity index (χ3v) is 19.6. The second kappa shape index (κ2) is 43.2. The molecule has 0 spiro atoms. The highest BCUT2D eigenvalue weighted by molar-refractivity contribution is 7.86. The second-order valence-electron chi connectivity index (χ2n) is 26.0. The third kappa shape index (κ3) is 28.8. The highest BCUT2D eigenvalue weighted by Crippen LogP contribution is 2.52. The van der Waals surface area contributed by atoms with Gasteiger partial charge in [0.15, 0.2) is 0 Å². The van der Waals surface area contributed by atoms with Crippen molar-refractivity contribution in [1.82, 2.24) is 5.06 Å². The van der Waals surface area contributed by atoms with Crippen LogP contribution in [-0.2, 0) is 117 Å². The number of rotatable bonds is 53. The summed E-state index contributed by atoms with van der Waals surface area (Å²) >= 11 is 0. The number of methoxy groups -OCH3 is 2. The van der Waals surface area contributed by atoms with Gasteiger partial charge in [-0.2, -0.15) is 25.3 Å². The van der Waals surface area contributed by atoms with E-state index in [0.29, 0.717) is 165 Å². The van der Waals surface area contributed by atoms with Gasteiger partial charge >= 0.3 is 17.3 Å². The number of hydroxylamine groups is 2. The number of hydrogen-bond acceptors (Lipinski definition) is 24. The number of carbonyl (C=O) groups excluding carboxylic acids is 3. The van der Waals surface area contributed by atoms with Gasteiger partial charge in [0.2, 0.25) is 0 Å². The molecule has 4 heterocycles. The van der Waals surface area contributed by atoms with Crippen LogP contribution in [0.5, 0.6) is 0 Å². The first-order valence-corrected chi connectivity index (χ1v) is 39.4. The number of anilines is 2. The van der Waals surface area contributed by atoms with Crippen molar-refractivity contribution in [2.45, 2.75) is 114 Å². The molecule has 1 unspecified atom stereocenters. The van der Waals surface area contributed by atoms with Gasteiger partial charge in [0.1, 0.15) is 0 Å². The van der Waals surface area contributed by atoms with E-state index in [-0.39, 0.29) is 84.5 Å². The summed E-state index contributed by atoms with van der Waals surface area (Å²) < 4.78 is 178. The van der Waals surface area contributed by atoms with Gasteiger partial charge in [-0.05, 0) is 115 Å². The van der Waals surface area contributed by atoms with Crippen LogP contribution in [0, 0.1) is 0 Å². The van der Waals surface area contributed by atoms with Crippen LogP contribution in [0.15, 0.2) is 81.8 Å². The Hall–Kier alpha value is -5.73. The Kier molecular flexibility index (Phi) is 36.1. The van der Waals surface area contributed by atoms with E-state index in [2.05, 4.69) is 11.0 Å². The van der Waals surface area contributed by atoms with Crippen LogP contribution in [0.4, 0.5) is 11.4 Å². The molecule has 0 aliphatic carbocycles. The van der Waals surface area contributed by atoms with E-state index in [4.69, 9.17) is 66.1 Å². The summed E-state index contributed by atoms with van der Waals surface area (Å²) in [5.41, 5.74) is 2.83. The lowest BCUT2D eigenvalue weighted by Gasteiger charge is -2.48. The van der Waals surface area contributed by atoms with Gasteiger partial charge in [-0.15, -0.1) is 5.06 Å². The van der Waals surface area contributed by atoms with Crippen molar-refractivity contribution in [3.63, 3.8) is 0 Å². The predicted molar refractivity (Wildman–Crippen MR) is 385 cm³/mol. The van der Waals surface area contributed by atoms with Crippen molar-refractivity contribution in [2.75, 3.05) is 194 Å². The van der Waals surface area contributed by atoms with Gasteiger partial charge in [0, 0.05) is 93.8 Å². The maximum absolute atomic E-state index is 13.1. The van der Waals surface area contributed by atoms with Crippen molar-refractivity contribution in [2.24, 2.45) is 0 Å². The van der Waals surface area contributed by atoms with Crippen molar-refractivity contribution < 1.29 is 119 Å². The summed E-state index contributed by atoms with van der Waals surface area (Å²) in [7, 11) is -10.3. The minimum absolute atomic E-state index is 0.0372. The first-order chi connectivity index (χ1) is 49.1. The molecule has 0 bridgehead atoms. The van der Waals surface area contributed by atoms with Crippen LogP contribution in [0.25, 0.3) is 22.6 Å². The zero-order chi connectivity index (χ0) is 74.9. The fourth-order valence-electron chi connectivity index (χ4n) is 12.0. The number of amides is 2. The van der Waals surface area contributed by atoms with E-state index in [1.54, 1.807) is 37.3 Å². The number of hydrogen-bond donors (Lipinski definition) is 3. The van der Waals surface area contributed by atoms with Gasteiger partial charge in [-0.25, -0.2) is 9.21 Å². The molecule has 1 fully saturated rings. The van der Waals surface area contributed by atoms with Gasteiger partial charge in [0.05, 0.1) is 177 Å². The SMILES string of the molecule is COCCOCCOCCOCCOCCOCCC1(CCOCCOCCOCCOCCOCCOC)C=C(C)c2cc3c(/C=C/C=C/C=C4\N(CCCS(=O)(=O)O)c5ccc(S(=O)(=O)O)cc5C4(C)CCCC(=O)ON4C(=O)CCC4=O)cc(C(C)(C)C)[o+]c3cc2N1CCCS(=O)(=O)O. The lowest BCUT2D eigenvalue weighted by Crippen LogP contribution is -2.52. The van der Waals surface area contributed by atoms with Crippen molar-refractivity contribution in [1.29, 1.82) is 0 Å². The first kappa shape index (κ1) is 86.2. The highest BCUT2D eigenvalue weighted by Gasteiger charge is 2.45. The molecule has 29 nitrogen and oxygen atoms in total. The predicted octanol–water partition coefficient (Wildman–Crippen LogP) is 8.02. The van der Waals surface area contributed by atoms with Crippen LogP contribution in [0.2, 0.25) is 0 Å². The molecule has 0 saturated carbocycles. The fraction of sp³-hybridized carbons (Fsp3) is 0.634. The Labute approximate surface area is 606 Å². The minimum atomic E-state index is -4.72. The Morgan fingerprint density at radius 1 is 0.583 bits per heavy atom. The smallest absolute Gasteiger partial charge is 0.362 e. The van der Waals surface area contributed by atoms with E-state index in [0.717, 1.165) is 27.8 Å². The number of benzene rings is 2. The zero-order valence-electron chi connectivity index (χ0n) is 60.5. The van der Waals surface area contributed by atoms with Crippen molar-refractivity contribution in [3.05, 3.63) is 94.9 Å². The molecule has 3 aliphatic rings. The lowest BCUT2D eigenvalue weighted by molar-refractivity contribution is -0.197. The lowest BCUT2D eigenvalue weighted by atomic mass is 9.77. The summed E-state index contributed by atoms with van der Waals surface area (Å²) in [5, 5.41) is 1.20. The largest absolute Gasteiger partial charge is 0.382 e. The molecular weight excluding hydrogens is 1410 g/mol. The summed E-state index contributed by atoms with van der Waals surface area (Å²) in [4.78, 5) is 46.3. The maximum atomic E-state index is 13.1. The standard InChI is InChI=1S/C71H105N3O26S3/c1-55-54-71(22-26-89-32-34-93-40-42-97-46-44-95-38-36-91-30-28-87-6,23-27-90-33-35-94-41-43-98-47-45-96-39-37-92-31-29-88-7)73(25-13-49-102(81,82)83)62-53-63-59(52-58(55)62)56(50-65(99-63)69(2,3)4)14-9-8-10-15-64-70(5,21-11-16-68(77)100-74-66(75)19-20-67(74)76)60-51-57(103(84,85)86)17-18-61(60)72(64)24-12-48-101(78,79)80/h8-10,14-15,17-18,50-54H,11-13,16,19-49H2,1-7H3,(H2-,78,79,80,81,82,83,84,85,86)/p+1/b10-8+,14-9+,64-15-. The normalized spacial score (nSPS) is 16.9. The number of nitrogens with zero attached hydrogens (tertiary/aromatic N) is 3. The summed E-state index contributed by atoms with van der Waals surface area (Å²) in [6.45, 7) is 18.8. The molecule has 0 radical (unpaired) electrons. The van der Waals surface area contributed by atoms with Crippen LogP contribution in [-0.4, -0.2) is 251 Å². The summed E-state index contributed by atoms with van der Waals surface area (Å²) in [6.07, 6.45) is 11.9. The molecule has 3 N–H and O–H groups in total. The average Bonchev–Trinajstić information content (AvgIpc) is 1.40. The van der Waals surface area contributed by atoms with E-state index >= 15 is 0 Å². The number of fused-ring (bicyclic) bond motifs is 3. The van der Waals surface area contributed by atoms with E-state index in [1.165, 1.54) is 18.2 Å². The highest BCUT2D eigenvalue weighted by atomic mass is 32.2. The molecule has 103 heavy (non-hydrogen) atoms. The summed E-state index contributed by atoms with van der Waals surface area (Å²) in [5.74, 6) is -2.57. The molecule has 1 saturated heterocycles. The zero-order valence-corrected chi connectivity index (χ0v) is 62.9. The number of imide groups is 1. The molecule has 6 rings (SSSR count). The van der Waals surface area contributed by atoms with E-state index in [9.17, 15) is 53.3 Å². The number of ether oxygens (including phenoxy) is 12. The first-order valence-electron chi connectivity index (χ1n) is 34.7. The average molecular weight is 1510 g/mol. The summed E-state index contributed by atoms with van der Waals surface area (Å²) in [6, 6.07) is 10.0. The third-order valence-electron chi connectivity index (χ3n) is 17.2. The Morgan fingerprint density at radius 2 is 1.06 bits per heavy atom. The molecule has 1 aromatic heterocycles. The number of allylic oxidation sites excluding steroid dienone is 6. The van der Waals surface area contributed by atoms with Crippen LogP contribution in [0.1, 0.15) is 115 Å². The maximum Gasteiger partial charge on any atom is 0.362 e. The Bertz CT molecular complexity index is 3620. The molecule has 1 atom stereocenters. The van der Waals surface area contributed by atoms with Crippen molar-refractivity contribution in [3.8, 4) is 0 Å². The minimum Gasteiger partial charge on any atom is -0.382 e. The second-order valence-corrected chi connectivity index (χ2v) is 30.6. The van der Waals surface area contributed by atoms with Gasteiger partial charge < -0.3 is 71.5 Å². The van der Waals surface area contributed by atoms with Gasteiger partial charge in [-0.1, -0.05) is 30.4 Å². The van der Waals surface area contributed by atoms with Crippen LogP contribution in [0.3, 0.4) is 0 Å². The van der Waals surface area contributed by atoms with Crippen LogP contribution >= 0.6 is 0 Å². The molecule has 578 valence electrons. The fourth-order valence-corrected chi connectivity index (χ4v) is 13.5. The van der Waals surface area contributed by atoms with Gasteiger partial charge in [0.25, 0.3) is 42.2 Å². The topological polar surface area (TPSA) is 355 Å². The molecule has 3 aliphatic heterocycles. The Balaban J connectivity index is 1.27. The number of carbonyl (C=O) groups is 3. The van der Waals surface area contributed by atoms with E-state index < -0.39 is 80.9 Å². The molecule has 3 aromatic rings. The quantitative estimate of drug-likeness (QED) is 0.0158. The molecular formula is C71H106N3O26S3+. The van der Waals surface area contributed by atoms with Crippen molar-refractivity contribution >= 4 is 82.1 Å². The monoisotopic (exact) mass is 1510 g/mol. The molecule has 32 heteroatoms. The van der Waals surface area contributed by atoms with Crippen LogP contribution < -0.4 is 9.80 Å².